The Morgan fingerprint density at radius 1 is 1.61 bits per heavy atom. The van der Waals surface area contributed by atoms with E-state index in [1.807, 2.05) is 11.6 Å². The Balaban J connectivity index is 1.90. The van der Waals surface area contributed by atoms with Crippen LogP contribution in [-0.2, 0) is 17.8 Å². The van der Waals surface area contributed by atoms with Gasteiger partial charge in [0.1, 0.15) is 12.2 Å². The predicted molar refractivity (Wildman–Crippen MR) is 64.9 cm³/mol. The Kier molecular flexibility index (Phi) is 2.64. The lowest BCUT2D eigenvalue weighted by Crippen LogP contribution is -2.39. The van der Waals surface area contributed by atoms with Crippen molar-refractivity contribution in [1.29, 1.82) is 0 Å². The van der Waals surface area contributed by atoms with E-state index in [0.29, 0.717) is 18.3 Å². The lowest BCUT2D eigenvalue weighted by Gasteiger charge is -2.33. The third-order valence-electron chi connectivity index (χ3n) is 4.87. The molecule has 1 aromatic rings. The summed E-state index contributed by atoms with van der Waals surface area (Å²) in [6.45, 7) is 2.76. The number of rotatable bonds is 4. The number of aliphatic carboxylic acids is 1. The van der Waals surface area contributed by atoms with Gasteiger partial charge in [-0.1, -0.05) is 6.42 Å². The fourth-order valence-corrected chi connectivity index (χ4v) is 3.97. The summed E-state index contributed by atoms with van der Waals surface area (Å²) in [6, 6.07) is 0. The van der Waals surface area contributed by atoms with Gasteiger partial charge in [0.25, 0.3) is 0 Å². The molecule has 2 bridgehead atoms. The van der Waals surface area contributed by atoms with Crippen LogP contribution in [0.15, 0.2) is 6.33 Å². The Morgan fingerprint density at radius 3 is 3.00 bits per heavy atom. The van der Waals surface area contributed by atoms with Crippen molar-refractivity contribution in [2.45, 2.75) is 45.6 Å². The standard InChI is InChI=1S/C13H19N3O2/c1-2-16-11(14-8-15-16)7-13(12(17)18)6-9-3-4-10(13)5-9/h8-10H,2-7H2,1H3,(H,17,18). The number of hydrogen-bond donors (Lipinski definition) is 1. The summed E-state index contributed by atoms with van der Waals surface area (Å²) in [5.74, 6) is 1.14. The second-order valence-corrected chi connectivity index (χ2v) is 5.71. The van der Waals surface area contributed by atoms with Crippen LogP contribution in [-0.4, -0.2) is 25.8 Å². The van der Waals surface area contributed by atoms with Crippen molar-refractivity contribution in [2.75, 3.05) is 0 Å². The first kappa shape index (κ1) is 11.7. The highest BCUT2D eigenvalue weighted by atomic mass is 16.4. The van der Waals surface area contributed by atoms with E-state index in [1.165, 1.54) is 12.7 Å². The van der Waals surface area contributed by atoms with Crippen LogP contribution in [0.4, 0.5) is 0 Å². The number of carbonyl (C=O) groups is 1. The Labute approximate surface area is 106 Å². The first-order chi connectivity index (χ1) is 8.65. The second-order valence-electron chi connectivity index (χ2n) is 5.71. The van der Waals surface area contributed by atoms with E-state index < -0.39 is 11.4 Å². The van der Waals surface area contributed by atoms with Crippen molar-refractivity contribution in [3.63, 3.8) is 0 Å². The van der Waals surface area contributed by atoms with Crippen LogP contribution in [0.5, 0.6) is 0 Å². The number of aromatic nitrogens is 3. The molecule has 0 amide bonds. The van der Waals surface area contributed by atoms with Crippen molar-refractivity contribution >= 4 is 5.97 Å². The van der Waals surface area contributed by atoms with Gasteiger partial charge in [-0.15, -0.1) is 0 Å². The van der Waals surface area contributed by atoms with Crippen molar-refractivity contribution in [2.24, 2.45) is 17.3 Å². The molecule has 18 heavy (non-hydrogen) atoms. The normalized spacial score (nSPS) is 34.1. The fourth-order valence-electron chi connectivity index (χ4n) is 3.97. The Hall–Kier alpha value is -1.39. The molecule has 0 aromatic carbocycles. The number of fused-ring (bicyclic) bond motifs is 2. The van der Waals surface area contributed by atoms with Crippen molar-refractivity contribution in [1.82, 2.24) is 14.8 Å². The van der Waals surface area contributed by atoms with Gasteiger partial charge in [-0.05, 0) is 38.0 Å². The van der Waals surface area contributed by atoms with E-state index in [-0.39, 0.29) is 0 Å². The molecule has 3 rings (SSSR count). The average molecular weight is 249 g/mol. The zero-order chi connectivity index (χ0) is 12.8. The summed E-state index contributed by atoms with van der Waals surface area (Å²) in [5, 5.41) is 13.8. The van der Waals surface area contributed by atoms with Gasteiger partial charge in [-0.3, -0.25) is 9.48 Å². The summed E-state index contributed by atoms with van der Waals surface area (Å²) in [6.07, 6.45) is 6.26. The molecule has 2 aliphatic rings. The molecule has 2 aliphatic carbocycles. The average Bonchev–Trinajstić information content (AvgIpc) is 3.03. The highest BCUT2D eigenvalue weighted by Gasteiger charge is 2.56. The molecule has 2 saturated carbocycles. The SMILES string of the molecule is CCn1ncnc1CC1(C(=O)O)CC2CCC1C2. The van der Waals surface area contributed by atoms with Crippen LogP contribution < -0.4 is 0 Å². The van der Waals surface area contributed by atoms with Crippen molar-refractivity contribution in [3.05, 3.63) is 12.2 Å². The Bertz CT molecular complexity index is 471. The number of hydrogen-bond acceptors (Lipinski definition) is 3. The molecule has 1 aromatic heterocycles. The van der Waals surface area contributed by atoms with Gasteiger partial charge in [0.2, 0.25) is 0 Å². The topological polar surface area (TPSA) is 68.0 Å². The highest BCUT2D eigenvalue weighted by Crippen LogP contribution is 2.57. The number of carboxylic acids is 1. The minimum absolute atomic E-state index is 0.335. The van der Waals surface area contributed by atoms with E-state index in [9.17, 15) is 9.90 Å². The summed E-state index contributed by atoms with van der Waals surface area (Å²) in [5.41, 5.74) is -0.580. The summed E-state index contributed by atoms with van der Waals surface area (Å²) < 4.78 is 1.82. The van der Waals surface area contributed by atoms with Gasteiger partial charge < -0.3 is 5.11 Å². The van der Waals surface area contributed by atoms with Gasteiger partial charge >= 0.3 is 5.97 Å². The quantitative estimate of drug-likeness (QED) is 0.882. The van der Waals surface area contributed by atoms with Crippen molar-refractivity contribution < 1.29 is 9.90 Å². The van der Waals surface area contributed by atoms with Crippen LogP contribution >= 0.6 is 0 Å². The maximum absolute atomic E-state index is 11.8. The van der Waals surface area contributed by atoms with Gasteiger partial charge in [0.15, 0.2) is 0 Å². The van der Waals surface area contributed by atoms with Gasteiger partial charge in [-0.2, -0.15) is 5.10 Å². The minimum Gasteiger partial charge on any atom is -0.481 e. The lowest BCUT2D eigenvalue weighted by atomic mass is 9.70. The lowest BCUT2D eigenvalue weighted by molar-refractivity contribution is -0.152. The molecular formula is C13H19N3O2. The zero-order valence-electron chi connectivity index (χ0n) is 10.7. The summed E-state index contributed by atoms with van der Waals surface area (Å²) in [7, 11) is 0. The molecule has 0 aliphatic heterocycles. The maximum atomic E-state index is 11.8. The third-order valence-corrected chi connectivity index (χ3v) is 4.87. The summed E-state index contributed by atoms with van der Waals surface area (Å²) >= 11 is 0. The van der Waals surface area contributed by atoms with E-state index >= 15 is 0 Å². The van der Waals surface area contributed by atoms with E-state index in [4.69, 9.17) is 0 Å². The van der Waals surface area contributed by atoms with Crippen LogP contribution in [0, 0.1) is 17.3 Å². The molecule has 98 valence electrons. The van der Waals surface area contributed by atoms with Gasteiger partial charge in [0, 0.05) is 13.0 Å². The molecule has 2 fully saturated rings. The van der Waals surface area contributed by atoms with E-state index in [1.54, 1.807) is 0 Å². The Morgan fingerprint density at radius 2 is 2.44 bits per heavy atom. The smallest absolute Gasteiger partial charge is 0.310 e. The molecular weight excluding hydrogens is 230 g/mol. The second kappa shape index (κ2) is 4.07. The van der Waals surface area contributed by atoms with Crippen molar-refractivity contribution in [3.8, 4) is 0 Å². The first-order valence-corrected chi connectivity index (χ1v) is 6.76. The molecule has 5 nitrogen and oxygen atoms in total. The molecule has 5 heteroatoms. The molecule has 3 atom stereocenters. The van der Waals surface area contributed by atoms with Crippen LogP contribution in [0.3, 0.4) is 0 Å². The van der Waals surface area contributed by atoms with Gasteiger partial charge in [-0.25, -0.2) is 4.98 Å². The largest absolute Gasteiger partial charge is 0.481 e. The number of nitrogens with zero attached hydrogens (tertiary/aromatic N) is 3. The van der Waals surface area contributed by atoms with Crippen LogP contribution in [0.1, 0.15) is 38.4 Å². The van der Waals surface area contributed by atoms with Crippen LogP contribution in [0.2, 0.25) is 0 Å². The number of aryl methyl sites for hydroxylation is 1. The van der Waals surface area contributed by atoms with E-state index in [0.717, 1.165) is 31.6 Å². The maximum Gasteiger partial charge on any atom is 0.310 e. The zero-order valence-corrected chi connectivity index (χ0v) is 10.7. The first-order valence-electron chi connectivity index (χ1n) is 6.76. The fraction of sp³-hybridized carbons (Fsp3) is 0.769. The minimum atomic E-state index is -0.639. The van der Waals surface area contributed by atoms with Crippen LogP contribution in [0.25, 0.3) is 0 Å². The monoisotopic (exact) mass is 249 g/mol. The molecule has 3 unspecified atom stereocenters. The predicted octanol–water partition coefficient (Wildman–Crippen LogP) is 1.73. The molecule has 0 spiro atoms. The molecule has 0 saturated heterocycles. The third kappa shape index (κ3) is 1.56. The van der Waals surface area contributed by atoms with Gasteiger partial charge in [0.05, 0.1) is 5.41 Å². The molecule has 0 radical (unpaired) electrons. The summed E-state index contributed by atoms with van der Waals surface area (Å²) in [4.78, 5) is 16.0. The molecule has 1 heterocycles. The highest BCUT2D eigenvalue weighted by molar-refractivity contribution is 5.76. The molecule has 1 N–H and O–H groups in total. The van der Waals surface area contributed by atoms with E-state index in [2.05, 4.69) is 10.1 Å². The number of carboxylic acid groups (broad SMARTS) is 1.